The molecule has 0 amide bonds. The zero-order chi connectivity index (χ0) is 10.8. The van der Waals surface area contributed by atoms with E-state index in [2.05, 4.69) is 25.9 Å². The maximum Gasteiger partial charge on any atom is 0.141 e. The molecular formula is C10H6BrFN2S. The number of hydrogen-bond acceptors (Lipinski definition) is 2. The van der Waals surface area contributed by atoms with Crippen molar-refractivity contribution in [2.45, 2.75) is 0 Å². The summed E-state index contributed by atoms with van der Waals surface area (Å²) < 4.78 is 14.8. The van der Waals surface area contributed by atoms with Crippen LogP contribution in [0.4, 0.5) is 4.39 Å². The van der Waals surface area contributed by atoms with Crippen molar-refractivity contribution in [1.82, 2.24) is 9.97 Å². The average Bonchev–Trinajstić information content (AvgIpc) is 2.22. The van der Waals surface area contributed by atoms with Gasteiger partial charge in [0.05, 0.1) is 5.56 Å². The Labute approximate surface area is 99.3 Å². The molecule has 0 saturated heterocycles. The molecule has 15 heavy (non-hydrogen) atoms. The highest BCUT2D eigenvalue weighted by atomic mass is 79.9. The Bertz CT molecular complexity index is 553. The molecule has 0 atom stereocenters. The lowest BCUT2D eigenvalue weighted by atomic mass is 10.2. The first-order valence-corrected chi connectivity index (χ1v) is 5.38. The largest absolute Gasteiger partial charge is 0.331 e. The van der Waals surface area contributed by atoms with Crippen molar-refractivity contribution in [3.63, 3.8) is 0 Å². The Morgan fingerprint density at radius 1 is 1.33 bits per heavy atom. The van der Waals surface area contributed by atoms with E-state index in [1.54, 1.807) is 24.4 Å². The summed E-state index contributed by atoms with van der Waals surface area (Å²) in [6, 6.07) is 6.32. The van der Waals surface area contributed by atoms with Crippen LogP contribution in [-0.2, 0) is 0 Å². The lowest BCUT2D eigenvalue weighted by Crippen LogP contribution is -1.91. The van der Waals surface area contributed by atoms with Crippen molar-refractivity contribution in [1.29, 1.82) is 0 Å². The molecular weight excluding hydrogens is 279 g/mol. The number of rotatable bonds is 1. The van der Waals surface area contributed by atoms with Crippen molar-refractivity contribution in [2.75, 3.05) is 0 Å². The van der Waals surface area contributed by atoms with Gasteiger partial charge in [-0.3, -0.25) is 0 Å². The second-order valence-corrected chi connectivity index (χ2v) is 4.26. The molecule has 0 aliphatic heterocycles. The molecule has 0 unspecified atom stereocenters. The summed E-state index contributed by atoms with van der Waals surface area (Å²) in [5.41, 5.74) is 0.399. The zero-order valence-corrected chi connectivity index (χ0v) is 9.90. The molecule has 1 N–H and O–H groups in total. The molecule has 0 spiro atoms. The summed E-state index contributed by atoms with van der Waals surface area (Å²) in [6.45, 7) is 0. The van der Waals surface area contributed by atoms with E-state index in [0.29, 0.717) is 16.0 Å². The van der Waals surface area contributed by atoms with Gasteiger partial charge in [0.15, 0.2) is 0 Å². The first-order chi connectivity index (χ1) is 7.16. The van der Waals surface area contributed by atoms with Crippen LogP contribution < -0.4 is 0 Å². The van der Waals surface area contributed by atoms with E-state index in [4.69, 9.17) is 12.2 Å². The summed E-state index contributed by atoms with van der Waals surface area (Å²) in [5.74, 6) is 0.101. The van der Waals surface area contributed by atoms with Gasteiger partial charge in [-0.15, -0.1) is 0 Å². The van der Waals surface area contributed by atoms with E-state index in [1.165, 1.54) is 6.07 Å². The summed E-state index contributed by atoms with van der Waals surface area (Å²) >= 11 is 8.22. The Kier molecular flexibility index (Phi) is 2.93. The molecule has 1 heterocycles. The van der Waals surface area contributed by atoms with Gasteiger partial charge in [-0.05, 0) is 24.3 Å². The van der Waals surface area contributed by atoms with Crippen LogP contribution in [0.1, 0.15) is 0 Å². The maximum atomic E-state index is 13.5. The molecule has 0 aliphatic rings. The number of benzene rings is 1. The van der Waals surface area contributed by atoms with Gasteiger partial charge < -0.3 is 4.98 Å². The van der Waals surface area contributed by atoms with E-state index in [9.17, 15) is 4.39 Å². The second-order valence-electron chi connectivity index (χ2n) is 2.91. The molecule has 1 aromatic carbocycles. The van der Waals surface area contributed by atoms with Gasteiger partial charge in [0.2, 0.25) is 0 Å². The average molecular weight is 285 g/mol. The van der Waals surface area contributed by atoms with E-state index in [0.717, 1.165) is 4.47 Å². The van der Waals surface area contributed by atoms with Crippen LogP contribution in [0.5, 0.6) is 0 Å². The monoisotopic (exact) mass is 284 g/mol. The van der Waals surface area contributed by atoms with Gasteiger partial charge in [0.1, 0.15) is 16.3 Å². The van der Waals surface area contributed by atoms with Crippen molar-refractivity contribution in [2.24, 2.45) is 0 Å². The molecule has 1 aromatic heterocycles. The zero-order valence-electron chi connectivity index (χ0n) is 7.50. The van der Waals surface area contributed by atoms with Gasteiger partial charge in [-0.1, -0.05) is 28.1 Å². The van der Waals surface area contributed by atoms with Gasteiger partial charge >= 0.3 is 0 Å². The Balaban J connectivity index is 2.63. The minimum absolute atomic E-state index is 0.331. The first-order valence-electron chi connectivity index (χ1n) is 4.17. The van der Waals surface area contributed by atoms with Crippen molar-refractivity contribution in [3.8, 4) is 11.4 Å². The Hall–Kier alpha value is -1.07. The molecule has 2 aromatic rings. The van der Waals surface area contributed by atoms with Crippen LogP contribution in [-0.4, -0.2) is 9.97 Å². The van der Waals surface area contributed by atoms with E-state index in [1.807, 2.05) is 0 Å². The van der Waals surface area contributed by atoms with Crippen molar-refractivity contribution < 1.29 is 4.39 Å². The quantitative estimate of drug-likeness (QED) is 0.809. The van der Waals surface area contributed by atoms with Gasteiger partial charge in [-0.25, -0.2) is 9.37 Å². The fourth-order valence-electron chi connectivity index (χ4n) is 1.19. The summed E-state index contributed by atoms with van der Waals surface area (Å²) in [4.78, 5) is 6.86. The normalized spacial score (nSPS) is 10.3. The number of H-pyrrole nitrogens is 1. The molecule has 0 fully saturated rings. The molecule has 2 nitrogen and oxygen atoms in total. The minimum Gasteiger partial charge on any atom is -0.331 e. The molecule has 0 saturated carbocycles. The SMILES string of the molecule is Fc1ccc(Br)cc1-c1nccc(=S)[nH]1. The summed E-state index contributed by atoms with van der Waals surface area (Å²) in [7, 11) is 0. The van der Waals surface area contributed by atoms with Crippen molar-refractivity contribution >= 4 is 28.1 Å². The van der Waals surface area contributed by atoms with Gasteiger partial charge in [-0.2, -0.15) is 0 Å². The topological polar surface area (TPSA) is 28.7 Å². The van der Waals surface area contributed by atoms with E-state index >= 15 is 0 Å². The third-order valence-electron chi connectivity index (χ3n) is 1.85. The lowest BCUT2D eigenvalue weighted by molar-refractivity contribution is 0.629. The number of nitrogens with one attached hydrogen (secondary N) is 1. The standard InChI is InChI=1S/C10H6BrFN2S/c11-6-1-2-8(12)7(5-6)10-13-4-3-9(15)14-10/h1-5H,(H,13,14,15). The molecule has 76 valence electrons. The number of hydrogen-bond donors (Lipinski definition) is 1. The van der Waals surface area contributed by atoms with Crippen LogP contribution in [0, 0.1) is 10.5 Å². The van der Waals surface area contributed by atoms with E-state index < -0.39 is 0 Å². The van der Waals surface area contributed by atoms with Crippen LogP contribution in [0.3, 0.4) is 0 Å². The third-order valence-corrected chi connectivity index (χ3v) is 2.59. The van der Waals surface area contributed by atoms with Gasteiger partial charge in [0, 0.05) is 10.7 Å². The minimum atomic E-state index is -0.331. The highest BCUT2D eigenvalue weighted by Gasteiger charge is 2.06. The molecule has 2 rings (SSSR count). The maximum absolute atomic E-state index is 13.5. The predicted octanol–water partition coefficient (Wildman–Crippen LogP) is 3.71. The first kappa shape index (κ1) is 10.4. The number of halogens is 2. The highest BCUT2D eigenvalue weighted by Crippen LogP contribution is 2.22. The van der Waals surface area contributed by atoms with Crippen LogP contribution in [0.25, 0.3) is 11.4 Å². The van der Waals surface area contributed by atoms with E-state index in [-0.39, 0.29) is 5.82 Å². The van der Waals surface area contributed by atoms with Crippen LogP contribution in [0.2, 0.25) is 0 Å². The molecule has 0 radical (unpaired) electrons. The lowest BCUT2D eigenvalue weighted by Gasteiger charge is -2.02. The highest BCUT2D eigenvalue weighted by molar-refractivity contribution is 9.10. The van der Waals surface area contributed by atoms with Crippen LogP contribution in [0.15, 0.2) is 34.9 Å². The number of aromatic nitrogens is 2. The van der Waals surface area contributed by atoms with Gasteiger partial charge in [0.25, 0.3) is 0 Å². The smallest absolute Gasteiger partial charge is 0.141 e. The van der Waals surface area contributed by atoms with Crippen molar-refractivity contribution in [3.05, 3.63) is 45.4 Å². The molecule has 5 heteroatoms. The molecule has 0 bridgehead atoms. The third kappa shape index (κ3) is 2.30. The summed E-state index contributed by atoms with van der Waals surface area (Å²) in [5, 5.41) is 0. The Morgan fingerprint density at radius 3 is 2.87 bits per heavy atom. The predicted molar refractivity (Wildman–Crippen MR) is 62.5 cm³/mol. The number of aromatic amines is 1. The fraction of sp³-hybridized carbons (Fsp3) is 0. The second kappa shape index (κ2) is 4.20. The number of nitrogens with zero attached hydrogens (tertiary/aromatic N) is 1. The fourth-order valence-corrected chi connectivity index (χ4v) is 1.70. The Morgan fingerprint density at radius 2 is 2.13 bits per heavy atom. The molecule has 0 aliphatic carbocycles. The summed E-state index contributed by atoms with van der Waals surface area (Å²) in [6.07, 6.45) is 1.55. The van der Waals surface area contributed by atoms with Crippen LogP contribution >= 0.6 is 28.1 Å².